The number of nitrogen functional groups attached to an aromatic ring is 1. The number of carbonyl (C=O) groups excluding carboxylic acids is 5. The minimum absolute atomic E-state index is 0.0209. The standard InChI is InChI=1S/C22H31ClN4O3.C19H29ClN4O3.C15H21Cl2N3O2.C8H12O3.C6H5Cl2NO.C4H5BN3O2.C4H9NO.CH3I/c1-17(2)13-19(28)3-4-22(29)27-7-5-25(6-8-27)16-18-14-20(23)24-21(15-18)26-9-11-30-12-10-26;1-19(2,3)27-18(25)24-6-4-22(5-7-24)14-15-12-16(20)21-17(13-15)23-8-10-26-11-9-23;1-15(2,3)22-14(21)20-6-4-19(5-7-20)10-11-8-12(16)18-13(17)9-11;1-6(2)5-7(9)3-4-8(10)11;1-10-4-2-5(7)9-6(8)3-4;6-4-7-1-3(2-8-4)10-5-9;1-3-6-4-2-5-1;1-2/h13-15H,3-12,16H2,1-2H3;12-13H,4-11,14H2,1-3H3;8-9H,4-7,10H2,1-3H3;5H,3-4H2,1-2H3,(H,10,11);2-3H,1H3;1-2,9H,(H2,6,7,8);5H,1-4H2;1H3/i;;;;;;;1D. The number of nitrogens with zero attached hydrogens (tertiary/aromatic N) is 14. The molecule has 0 aromatic carbocycles. The first-order valence-electron chi connectivity index (χ1n) is 39.1. The van der Waals surface area contributed by atoms with E-state index in [1.165, 1.54) is 18.5 Å². The second-order valence-corrected chi connectivity index (χ2v) is 31.9. The number of morpholine rings is 3. The van der Waals surface area contributed by atoms with Gasteiger partial charge in [-0.15, -0.1) is 0 Å². The average molecular weight is 1880 g/mol. The highest BCUT2D eigenvalue weighted by Gasteiger charge is 2.29. The molecule has 5 N–H and O–H groups in total. The first kappa shape index (κ1) is 102. The summed E-state index contributed by atoms with van der Waals surface area (Å²) in [7, 11) is 2.09. The van der Waals surface area contributed by atoms with Crippen molar-refractivity contribution in [2.45, 2.75) is 126 Å². The number of pyridine rings is 4. The quantitative estimate of drug-likeness (QED) is 0.0196. The zero-order chi connectivity index (χ0) is 88.0. The predicted octanol–water partition coefficient (Wildman–Crippen LogP) is 12.0. The van der Waals surface area contributed by atoms with Crippen LogP contribution < -0.4 is 30.2 Å². The third-order valence-electron chi connectivity index (χ3n) is 16.9. The molecule has 11 rings (SSSR count). The first-order chi connectivity index (χ1) is 56.4. The lowest BCUT2D eigenvalue weighted by atomic mass is 10.1. The molecule has 0 spiro atoms. The van der Waals surface area contributed by atoms with Gasteiger partial charge in [-0.25, -0.2) is 39.5 Å². The fourth-order valence-electron chi connectivity index (χ4n) is 11.5. The molecule has 653 valence electrons. The summed E-state index contributed by atoms with van der Waals surface area (Å²) in [6.45, 7) is 39.8. The third-order valence-corrected chi connectivity index (χ3v) is 18.1. The lowest BCUT2D eigenvalue weighted by molar-refractivity contribution is -0.138. The van der Waals surface area contributed by atoms with E-state index in [0.29, 0.717) is 107 Å². The first-order valence-corrected chi connectivity index (χ1v) is 42.2. The summed E-state index contributed by atoms with van der Waals surface area (Å²) in [5, 5.41) is 22.0. The van der Waals surface area contributed by atoms with Crippen LogP contribution in [0.2, 0.25) is 30.9 Å². The van der Waals surface area contributed by atoms with Gasteiger partial charge in [0.05, 0.1) is 65.6 Å². The van der Waals surface area contributed by atoms with Crippen molar-refractivity contribution in [3.8, 4) is 11.5 Å². The maximum atomic E-state index is 12.4. The van der Waals surface area contributed by atoms with E-state index in [0.717, 1.165) is 164 Å². The van der Waals surface area contributed by atoms with E-state index in [4.69, 9.17) is 115 Å². The Labute approximate surface area is 740 Å². The summed E-state index contributed by atoms with van der Waals surface area (Å²) in [6.07, 6.45) is 5.88. The molecule has 31 nitrogen and oxygen atoms in total. The minimum atomic E-state index is -0.930. The van der Waals surface area contributed by atoms with Crippen molar-refractivity contribution >= 4 is 153 Å². The van der Waals surface area contributed by atoms with E-state index < -0.39 is 17.2 Å². The van der Waals surface area contributed by atoms with Gasteiger partial charge in [-0.3, -0.25) is 33.9 Å². The zero-order valence-electron chi connectivity index (χ0n) is 70.3. The summed E-state index contributed by atoms with van der Waals surface area (Å²) < 4.78 is 42.2. The van der Waals surface area contributed by atoms with Crippen LogP contribution in [0, 0.1) is 0 Å². The lowest BCUT2D eigenvalue weighted by Gasteiger charge is -2.35. The Balaban J connectivity index is 0.000000307. The minimum Gasteiger partial charge on any atom is -0.535 e. The zero-order valence-corrected chi connectivity index (χ0v) is 76.0. The summed E-state index contributed by atoms with van der Waals surface area (Å²) in [6, 6.07) is 14.9. The molecule has 0 bridgehead atoms. The van der Waals surface area contributed by atoms with Gasteiger partial charge < -0.3 is 78.8 Å². The number of allylic oxidation sites excluding steroid dienone is 4. The lowest BCUT2D eigenvalue weighted by Crippen LogP contribution is -2.49. The van der Waals surface area contributed by atoms with Crippen LogP contribution >= 0.6 is 92.2 Å². The van der Waals surface area contributed by atoms with Crippen molar-refractivity contribution in [3.63, 3.8) is 0 Å². The molecule has 11 heterocycles. The number of ether oxygens (including phenoxy) is 6. The van der Waals surface area contributed by atoms with Crippen molar-refractivity contribution in [1.82, 2.24) is 64.6 Å². The number of ketones is 2. The largest absolute Gasteiger partial charge is 0.569 e. The Bertz CT molecular complexity index is 3900. The van der Waals surface area contributed by atoms with Crippen LogP contribution in [0.5, 0.6) is 11.5 Å². The van der Waals surface area contributed by atoms with Gasteiger partial charge in [0.15, 0.2) is 11.6 Å². The number of methoxy groups -OCH3 is 1. The second kappa shape index (κ2) is 56.0. The molecule has 6 aliphatic rings. The van der Waals surface area contributed by atoms with Crippen molar-refractivity contribution in [2.24, 2.45) is 0 Å². The topological polar surface area (TPSA) is 349 Å². The average Bonchev–Trinajstić information content (AvgIpc) is 0.836. The second-order valence-electron chi connectivity index (χ2n) is 29.6. The molecule has 0 saturated carbocycles. The van der Waals surface area contributed by atoms with Crippen LogP contribution in [0.4, 0.5) is 27.2 Å². The highest BCUT2D eigenvalue weighted by Crippen LogP contribution is 2.26. The number of nitrogens with one attached hydrogen (secondary N) is 1. The van der Waals surface area contributed by atoms with E-state index in [1.807, 2.05) is 107 Å². The summed E-state index contributed by atoms with van der Waals surface area (Å²) >= 11 is 37.4. The molecule has 6 aliphatic heterocycles. The van der Waals surface area contributed by atoms with Gasteiger partial charge in [0.1, 0.15) is 65.3 Å². The number of anilines is 3. The van der Waals surface area contributed by atoms with E-state index in [-0.39, 0.29) is 61.3 Å². The van der Waals surface area contributed by atoms with Crippen molar-refractivity contribution in [1.29, 1.82) is 0 Å². The monoisotopic (exact) mass is 1880 g/mol. The summed E-state index contributed by atoms with van der Waals surface area (Å²) in [5.74, 6) is 1.98. The fourth-order valence-corrected chi connectivity index (χ4v) is 12.9. The molecular weight excluding hydrogens is 1760 g/mol. The maximum Gasteiger partial charge on any atom is 0.569 e. The van der Waals surface area contributed by atoms with Gasteiger partial charge in [0.25, 0.3) is 0 Å². The smallest absolute Gasteiger partial charge is 0.535 e. The molecule has 0 aliphatic carbocycles. The van der Waals surface area contributed by atoms with Crippen LogP contribution in [0.15, 0.2) is 84.2 Å². The van der Waals surface area contributed by atoms with E-state index >= 15 is 0 Å². The normalized spacial score (nSPS) is 15.8. The van der Waals surface area contributed by atoms with E-state index in [2.05, 4.69) is 76.5 Å². The summed E-state index contributed by atoms with van der Waals surface area (Å²) in [5.41, 5.74) is 9.42. The molecule has 6 fully saturated rings. The number of carboxylic acid groups (broad SMARTS) is 1. The molecule has 3 amide bonds. The van der Waals surface area contributed by atoms with Gasteiger partial charge in [0.2, 0.25) is 11.9 Å². The van der Waals surface area contributed by atoms with Crippen molar-refractivity contribution < 1.29 is 73.3 Å². The number of amides is 3. The molecule has 1 radical (unpaired) electrons. The SMILES string of the molecule is C1COCCN1.CC(C)(C)OC(=O)N1CCN(Cc2cc(Cl)nc(Cl)c2)CC1.CC(C)(C)OC(=O)N1CCN(Cc2cc(Cl)nc(N3CCOCC3)c2)CC1.CC(C)=CC(=O)CCC(=O)N1CCN(Cc2cc(Cl)nc(N3CCOCC3)c2)CC1.CC(C)=CC(=O)CCC(=O)O.COc1cc(Cl)nc(Cl)c1.Nc1ncc(O[B]O)cn1.[2H]CI. The fraction of sp³-hybridized carbons (Fsp3) is 0.570. The Kier molecular flexibility index (Phi) is 48.3. The Hall–Kier alpha value is -6.81. The highest BCUT2D eigenvalue weighted by molar-refractivity contribution is 14.1. The number of aromatic nitrogens is 6. The maximum absolute atomic E-state index is 12.4. The van der Waals surface area contributed by atoms with Crippen LogP contribution in [0.3, 0.4) is 0 Å². The number of hydrogen-bond donors (Lipinski definition) is 4. The molecule has 118 heavy (non-hydrogen) atoms. The van der Waals surface area contributed by atoms with Crippen LogP contribution in [0.1, 0.15) is 113 Å². The molecule has 0 atom stereocenters. The molecule has 39 heteroatoms. The third kappa shape index (κ3) is 45.2. The van der Waals surface area contributed by atoms with Gasteiger partial charge in [-0.2, -0.15) is 0 Å². The van der Waals surface area contributed by atoms with Gasteiger partial charge in [0, 0.05) is 170 Å². The van der Waals surface area contributed by atoms with Gasteiger partial charge in [-0.1, -0.05) is 103 Å². The van der Waals surface area contributed by atoms with Gasteiger partial charge in [-0.05, 0) is 139 Å². The van der Waals surface area contributed by atoms with Gasteiger partial charge >= 0.3 is 25.8 Å². The number of carboxylic acids is 1. The van der Waals surface area contributed by atoms with Crippen LogP contribution in [-0.2, 0) is 62.5 Å². The van der Waals surface area contributed by atoms with Crippen LogP contribution in [0.25, 0.3) is 0 Å². The number of hydrogen-bond acceptors (Lipinski definition) is 27. The Morgan fingerprint density at radius 2 is 0.856 bits per heavy atom. The molecule has 5 aromatic rings. The van der Waals surface area contributed by atoms with E-state index in [9.17, 15) is 28.8 Å². The van der Waals surface area contributed by atoms with Crippen LogP contribution in [-0.4, -0.2) is 293 Å². The number of aliphatic carboxylic acids is 1. The van der Waals surface area contributed by atoms with Crippen molar-refractivity contribution in [3.05, 3.63) is 132 Å². The number of carbonyl (C=O) groups is 6. The Morgan fingerprint density at radius 3 is 1.18 bits per heavy atom. The Morgan fingerprint density at radius 1 is 0.517 bits per heavy atom. The number of piperazine rings is 3. The number of rotatable bonds is 19. The highest BCUT2D eigenvalue weighted by atomic mass is 127. The number of alkyl halides is 1. The predicted molar refractivity (Wildman–Crippen MR) is 471 cm³/mol. The van der Waals surface area contributed by atoms with E-state index in [1.54, 1.807) is 49.0 Å². The number of nitrogens with two attached hydrogens (primary N) is 1. The van der Waals surface area contributed by atoms with Crippen molar-refractivity contribution in [2.75, 3.05) is 185 Å². The summed E-state index contributed by atoms with van der Waals surface area (Å²) in [4.78, 5) is 110. The molecular formula is C79H115BCl6IN16O15. The molecule has 0 unspecified atom stereocenters. The molecule has 6 saturated heterocycles. The number of halogens is 7. The molecule has 5 aromatic heterocycles.